The van der Waals surface area contributed by atoms with E-state index in [2.05, 4.69) is 18.8 Å². The van der Waals surface area contributed by atoms with E-state index in [0.717, 1.165) is 49.3 Å². The lowest BCUT2D eigenvalue weighted by Gasteiger charge is -2.20. The zero-order valence-electron chi connectivity index (χ0n) is 22.3. The van der Waals surface area contributed by atoms with E-state index in [1.54, 1.807) is 6.07 Å². The summed E-state index contributed by atoms with van der Waals surface area (Å²) in [7, 11) is 0. The topological polar surface area (TPSA) is 86.4 Å². The fraction of sp³-hybridized carbons (Fsp3) is 0.355. The lowest BCUT2D eigenvalue weighted by Crippen LogP contribution is -2.35. The fourth-order valence-electron chi connectivity index (χ4n) is 4.81. The number of aliphatic imine (C=N–C) groups is 1. The summed E-state index contributed by atoms with van der Waals surface area (Å²) in [6, 6.07) is 15.4. The molecule has 2 aliphatic rings. The van der Waals surface area contributed by atoms with Gasteiger partial charge in [0, 0.05) is 24.9 Å². The number of fused-ring (bicyclic) bond motifs is 2. The molecule has 198 valence electrons. The molecule has 2 N–H and O–H groups in total. The Hall–Kier alpha value is -4.00. The number of aryl methyl sites for hydroxylation is 3. The molecule has 5 rings (SSSR count). The molecule has 1 amide bonds. The Labute approximate surface area is 224 Å². The summed E-state index contributed by atoms with van der Waals surface area (Å²) in [6.45, 7) is 8.00. The van der Waals surface area contributed by atoms with Crippen LogP contribution < -0.4 is 19.9 Å². The summed E-state index contributed by atoms with van der Waals surface area (Å²) in [5.74, 6) is 2.87. The summed E-state index contributed by atoms with van der Waals surface area (Å²) < 4.78 is 18.0. The number of hydrogen-bond donors (Lipinski definition) is 1. The second-order valence-corrected chi connectivity index (χ2v) is 10.1. The van der Waals surface area contributed by atoms with E-state index in [1.807, 2.05) is 60.5 Å². The molecule has 0 saturated carbocycles. The molecule has 0 aliphatic carbocycles. The maximum absolute atomic E-state index is 13.0. The first-order valence-corrected chi connectivity index (χ1v) is 13.3. The molecule has 0 radical (unpaired) electrons. The predicted molar refractivity (Wildman–Crippen MR) is 150 cm³/mol. The molecule has 0 spiro atoms. The Kier molecular flexibility index (Phi) is 7.54. The van der Waals surface area contributed by atoms with Crippen molar-refractivity contribution < 1.29 is 19.0 Å². The van der Waals surface area contributed by atoms with Crippen LogP contribution in [0.2, 0.25) is 0 Å². The molecular formula is C31H35N3O4. The Morgan fingerprint density at radius 1 is 0.895 bits per heavy atom. The van der Waals surface area contributed by atoms with Crippen LogP contribution in [-0.2, 0) is 0 Å². The molecule has 2 aliphatic heterocycles. The minimum Gasteiger partial charge on any atom is -0.493 e. The van der Waals surface area contributed by atoms with Gasteiger partial charge in [0.15, 0.2) is 5.75 Å². The molecule has 0 bridgehead atoms. The highest BCUT2D eigenvalue weighted by atomic mass is 16.5. The summed E-state index contributed by atoms with van der Waals surface area (Å²) in [6.07, 6.45) is 5.57. The summed E-state index contributed by atoms with van der Waals surface area (Å²) in [5, 5.41) is 0. The minimum absolute atomic E-state index is 0.0667. The lowest BCUT2D eigenvalue weighted by molar-refractivity contribution is 0.0774. The van der Waals surface area contributed by atoms with Crippen molar-refractivity contribution in [2.24, 2.45) is 4.99 Å². The van der Waals surface area contributed by atoms with Crippen LogP contribution in [0.4, 0.5) is 11.4 Å². The van der Waals surface area contributed by atoms with Crippen molar-refractivity contribution >= 4 is 23.5 Å². The maximum Gasteiger partial charge on any atom is 0.256 e. The van der Waals surface area contributed by atoms with Gasteiger partial charge in [-0.1, -0.05) is 6.07 Å². The third kappa shape index (κ3) is 5.62. The van der Waals surface area contributed by atoms with Crippen molar-refractivity contribution in [1.82, 2.24) is 4.90 Å². The number of hydrogen-bond acceptors (Lipinski definition) is 6. The third-order valence-electron chi connectivity index (χ3n) is 7.23. The van der Waals surface area contributed by atoms with Gasteiger partial charge in [-0.15, -0.1) is 0 Å². The Morgan fingerprint density at radius 2 is 1.68 bits per heavy atom. The highest BCUT2D eigenvalue weighted by Gasteiger charge is 2.32. The Balaban J connectivity index is 1.11. The molecule has 7 heteroatoms. The number of nitrogens with zero attached hydrogens (tertiary/aromatic N) is 2. The zero-order chi connectivity index (χ0) is 26.6. The van der Waals surface area contributed by atoms with Gasteiger partial charge in [0.25, 0.3) is 5.91 Å². The number of unbranched alkanes of at least 4 members (excludes halogenated alkanes) is 1. The monoisotopic (exact) mass is 513 g/mol. The number of nitrogens with two attached hydrogens (primary N) is 1. The van der Waals surface area contributed by atoms with Crippen molar-refractivity contribution in [3.8, 4) is 23.0 Å². The lowest BCUT2D eigenvalue weighted by atomic mass is 10.1. The number of ether oxygens (including phenoxy) is 3. The number of carbonyl (C=O) groups excluding carboxylic acids is 1. The van der Waals surface area contributed by atoms with Crippen LogP contribution in [0.1, 0.15) is 52.7 Å². The van der Waals surface area contributed by atoms with Crippen LogP contribution in [0.25, 0.3) is 0 Å². The van der Waals surface area contributed by atoms with Gasteiger partial charge in [-0.3, -0.25) is 9.79 Å². The first-order valence-electron chi connectivity index (χ1n) is 13.3. The first kappa shape index (κ1) is 25.6. The number of rotatable bonds is 9. The van der Waals surface area contributed by atoms with Gasteiger partial charge in [-0.2, -0.15) is 0 Å². The van der Waals surface area contributed by atoms with E-state index in [-0.39, 0.29) is 11.9 Å². The summed E-state index contributed by atoms with van der Waals surface area (Å²) >= 11 is 0. The summed E-state index contributed by atoms with van der Waals surface area (Å²) in [4.78, 5) is 19.5. The van der Waals surface area contributed by atoms with Crippen LogP contribution >= 0.6 is 0 Å². The van der Waals surface area contributed by atoms with Crippen LogP contribution in [-0.4, -0.2) is 42.8 Å². The molecule has 38 heavy (non-hydrogen) atoms. The minimum atomic E-state index is 0.0667. The molecule has 1 atom stereocenters. The molecule has 3 aromatic carbocycles. The molecular weight excluding hydrogens is 478 g/mol. The van der Waals surface area contributed by atoms with Crippen molar-refractivity contribution in [3.63, 3.8) is 0 Å². The van der Waals surface area contributed by atoms with E-state index in [1.165, 1.54) is 11.1 Å². The highest BCUT2D eigenvalue weighted by molar-refractivity contribution is 6.03. The van der Waals surface area contributed by atoms with Crippen molar-refractivity contribution in [2.45, 2.75) is 52.5 Å². The molecule has 2 heterocycles. The summed E-state index contributed by atoms with van der Waals surface area (Å²) in [5.41, 5.74) is 11.4. The van der Waals surface area contributed by atoms with Crippen molar-refractivity contribution in [2.75, 3.05) is 25.5 Å². The van der Waals surface area contributed by atoms with Crippen LogP contribution in [0, 0.1) is 20.8 Å². The molecule has 1 fully saturated rings. The smallest absolute Gasteiger partial charge is 0.256 e. The largest absolute Gasteiger partial charge is 0.493 e. The first-order chi connectivity index (χ1) is 18.4. The highest BCUT2D eigenvalue weighted by Crippen LogP contribution is 2.34. The molecule has 7 nitrogen and oxygen atoms in total. The number of carbonyl (C=O) groups is 1. The standard InChI is InChI=1S/C31H35N3O4/c1-20-8-9-25(15-21(20)2)38-30-17-24(10-11-27(30)32)36-13-4-5-14-37-29-18-28-26(16-22(29)3)31(35)34-12-6-7-23(34)19-33-28/h8-11,15-19,23H,4-7,12-14,32H2,1-3H3/t23-/m0/s1. The zero-order valence-corrected chi connectivity index (χ0v) is 22.3. The normalized spacial score (nSPS) is 16.1. The van der Waals surface area contributed by atoms with E-state index >= 15 is 0 Å². The van der Waals surface area contributed by atoms with Gasteiger partial charge in [-0.05, 0) is 93.5 Å². The van der Waals surface area contributed by atoms with Gasteiger partial charge < -0.3 is 24.8 Å². The van der Waals surface area contributed by atoms with Crippen LogP contribution in [0.15, 0.2) is 53.5 Å². The second-order valence-electron chi connectivity index (χ2n) is 10.1. The predicted octanol–water partition coefficient (Wildman–Crippen LogP) is 6.54. The molecule has 0 unspecified atom stereocenters. The fourth-order valence-corrected chi connectivity index (χ4v) is 4.81. The number of anilines is 1. The van der Waals surface area contributed by atoms with Gasteiger partial charge in [-0.25, -0.2) is 0 Å². The number of amides is 1. The average molecular weight is 514 g/mol. The van der Waals surface area contributed by atoms with E-state index in [0.29, 0.717) is 41.7 Å². The van der Waals surface area contributed by atoms with Crippen LogP contribution in [0.5, 0.6) is 23.0 Å². The van der Waals surface area contributed by atoms with E-state index < -0.39 is 0 Å². The van der Waals surface area contributed by atoms with Gasteiger partial charge in [0.1, 0.15) is 17.2 Å². The Bertz CT molecular complexity index is 1370. The van der Waals surface area contributed by atoms with Crippen molar-refractivity contribution in [3.05, 3.63) is 70.8 Å². The van der Waals surface area contributed by atoms with Gasteiger partial charge >= 0.3 is 0 Å². The number of nitrogen functional groups attached to an aromatic ring is 1. The molecule has 0 aromatic heterocycles. The second kappa shape index (κ2) is 11.2. The van der Waals surface area contributed by atoms with Gasteiger partial charge in [0.05, 0.1) is 36.2 Å². The van der Waals surface area contributed by atoms with E-state index in [4.69, 9.17) is 19.9 Å². The Morgan fingerprint density at radius 3 is 2.50 bits per heavy atom. The average Bonchev–Trinajstić information content (AvgIpc) is 3.33. The molecule has 1 saturated heterocycles. The van der Waals surface area contributed by atoms with Gasteiger partial charge in [0.2, 0.25) is 0 Å². The maximum atomic E-state index is 13.0. The van der Waals surface area contributed by atoms with Crippen LogP contribution in [0.3, 0.4) is 0 Å². The third-order valence-corrected chi connectivity index (χ3v) is 7.23. The quantitative estimate of drug-likeness (QED) is 0.259. The van der Waals surface area contributed by atoms with Crippen molar-refractivity contribution in [1.29, 1.82) is 0 Å². The SMILES string of the molecule is Cc1ccc(Oc2cc(OCCCCOc3cc4c(cc3C)C(=O)N3CCC[C@H]3C=N4)ccc2N)cc1C. The van der Waals surface area contributed by atoms with E-state index in [9.17, 15) is 4.79 Å². The molecule has 3 aromatic rings. The number of benzene rings is 3.